The Kier molecular flexibility index (Phi) is 5.37. The molecule has 0 saturated carbocycles. The number of hydrogen-bond acceptors (Lipinski definition) is 5. The Labute approximate surface area is 136 Å². The summed E-state index contributed by atoms with van der Waals surface area (Å²) in [7, 11) is 1.52. The fraction of sp³-hybridized carbons (Fsp3) is 0.133. The topological polar surface area (TPSA) is 90.7 Å². The lowest BCUT2D eigenvalue weighted by atomic mass is 10.3. The normalized spacial score (nSPS) is 10.0. The van der Waals surface area contributed by atoms with Crippen LogP contribution in [-0.2, 0) is 4.79 Å². The van der Waals surface area contributed by atoms with Gasteiger partial charge in [0, 0.05) is 18.2 Å². The van der Waals surface area contributed by atoms with Crippen LogP contribution < -0.4 is 14.8 Å². The summed E-state index contributed by atoms with van der Waals surface area (Å²) in [4.78, 5) is 21.9. The summed E-state index contributed by atoms with van der Waals surface area (Å²) in [5.41, 5.74) is 0.386. The number of carbonyl (C=O) groups is 1. The van der Waals surface area contributed by atoms with Gasteiger partial charge in [0.05, 0.1) is 22.7 Å². The molecular weight excluding hydrogens is 324 g/mol. The van der Waals surface area contributed by atoms with Crippen LogP contribution in [0.4, 0.5) is 11.4 Å². The molecule has 0 aliphatic carbocycles. The van der Waals surface area contributed by atoms with E-state index in [2.05, 4.69) is 5.32 Å². The predicted molar refractivity (Wildman–Crippen MR) is 85.2 cm³/mol. The number of amides is 1. The third-order valence-corrected chi connectivity index (χ3v) is 3.18. The lowest BCUT2D eigenvalue weighted by Gasteiger charge is -2.09. The molecule has 0 spiro atoms. The Balaban J connectivity index is 1.91. The van der Waals surface area contributed by atoms with E-state index in [0.29, 0.717) is 22.2 Å². The summed E-state index contributed by atoms with van der Waals surface area (Å²) in [6.45, 7) is -0.250. The number of nitrogens with zero attached hydrogens (tertiary/aromatic N) is 1. The summed E-state index contributed by atoms with van der Waals surface area (Å²) < 4.78 is 10.3. The van der Waals surface area contributed by atoms with Crippen molar-refractivity contribution in [2.45, 2.75) is 0 Å². The van der Waals surface area contributed by atoms with Gasteiger partial charge in [-0.3, -0.25) is 14.9 Å². The molecule has 0 unspecified atom stereocenters. The minimum Gasteiger partial charge on any atom is -0.497 e. The van der Waals surface area contributed by atoms with Crippen LogP contribution in [-0.4, -0.2) is 24.5 Å². The van der Waals surface area contributed by atoms with Gasteiger partial charge in [-0.2, -0.15) is 0 Å². The van der Waals surface area contributed by atoms with Crippen molar-refractivity contribution in [2.75, 3.05) is 19.0 Å². The van der Waals surface area contributed by atoms with Crippen molar-refractivity contribution in [3.8, 4) is 11.5 Å². The van der Waals surface area contributed by atoms with Crippen molar-refractivity contribution in [1.82, 2.24) is 0 Å². The first kappa shape index (κ1) is 16.6. The van der Waals surface area contributed by atoms with Gasteiger partial charge >= 0.3 is 0 Å². The molecule has 0 bridgehead atoms. The molecule has 0 radical (unpaired) electrons. The van der Waals surface area contributed by atoms with Crippen LogP contribution in [0.5, 0.6) is 11.5 Å². The Morgan fingerprint density at radius 3 is 2.43 bits per heavy atom. The zero-order valence-electron chi connectivity index (χ0n) is 12.1. The second kappa shape index (κ2) is 7.46. The van der Waals surface area contributed by atoms with Crippen molar-refractivity contribution in [2.24, 2.45) is 0 Å². The number of methoxy groups -OCH3 is 1. The highest BCUT2D eigenvalue weighted by Gasteiger charge is 2.09. The molecule has 0 aliphatic rings. The van der Waals surface area contributed by atoms with Crippen molar-refractivity contribution in [3.63, 3.8) is 0 Å². The third kappa shape index (κ3) is 4.58. The van der Waals surface area contributed by atoms with Crippen molar-refractivity contribution in [1.29, 1.82) is 0 Å². The van der Waals surface area contributed by atoms with Crippen LogP contribution in [0.3, 0.4) is 0 Å². The van der Waals surface area contributed by atoms with Crippen molar-refractivity contribution >= 4 is 28.9 Å². The summed E-state index contributed by atoms with van der Waals surface area (Å²) in [5.74, 6) is 0.525. The van der Waals surface area contributed by atoms with E-state index in [-0.39, 0.29) is 12.3 Å². The standard InChI is InChI=1S/C15H13ClN2O5/c1-22-12-6-7-14(13(16)8-12)17-15(19)9-23-11-4-2-10(3-5-11)18(20)21/h2-8H,9H2,1H3,(H,17,19). The molecule has 120 valence electrons. The Bertz CT molecular complexity index is 718. The Morgan fingerprint density at radius 1 is 1.22 bits per heavy atom. The molecule has 0 fully saturated rings. The SMILES string of the molecule is COc1ccc(NC(=O)COc2ccc([N+](=O)[O-])cc2)c(Cl)c1. The molecule has 23 heavy (non-hydrogen) atoms. The van der Waals surface area contributed by atoms with Crippen LogP contribution in [0.15, 0.2) is 42.5 Å². The van der Waals surface area contributed by atoms with E-state index in [1.165, 1.54) is 31.4 Å². The average molecular weight is 337 g/mol. The number of nitro groups is 1. The summed E-state index contributed by atoms with van der Waals surface area (Å²) in [5, 5.41) is 13.5. The molecule has 1 N–H and O–H groups in total. The van der Waals surface area contributed by atoms with Crippen LogP contribution in [0.25, 0.3) is 0 Å². The first-order valence-corrected chi connectivity index (χ1v) is 6.88. The minimum absolute atomic E-state index is 0.0492. The highest BCUT2D eigenvalue weighted by atomic mass is 35.5. The summed E-state index contributed by atoms with van der Waals surface area (Å²) >= 11 is 6.02. The Hall–Kier alpha value is -2.80. The molecule has 8 heteroatoms. The first-order chi connectivity index (χ1) is 11.0. The highest BCUT2D eigenvalue weighted by Crippen LogP contribution is 2.26. The van der Waals surface area contributed by atoms with Gasteiger partial charge in [-0.1, -0.05) is 11.6 Å². The van der Waals surface area contributed by atoms with Crippen LogP contribution >= 0.6 is 11.6 Å². The number of ether oxygens (including phenoxy) is 2. The lowest BCUT2D eigenvalue weighted by molar-refractivity contribution is -0.384. The van der Waals surface area contributed by atoms with Gasteiger partial charge in [0.25, 0.3) is 11.6 Å². The van der Waals surface area contributed by atoms with E-state index >= 15 is 0 Å². The molecule has 2 aromatic carbocycles. The molecule has 0 atom stereocenters. The smallest absolute Gasteiger partial charge is 0.269 e. The predicted octanol–water partition coefficient (Wildman–Crippen LogP) is 3.27. The van der Waals surface area contributed by atoms with Gasteiger partial charge in [-0.15, -0.1) is 0 Å². The van der Waals surface area contributed by atoms with Crippen LogP contribution in [0.1, 0.15) is 0 Å². The van der Waals surface area contributed by atoms with Gasteiger partial charge in [-0.05, 0) is 24.3 Å². The molecule has 2 aromatic rings. The third-order valence-electron chi connectivity index (χ3n) is 2.87. The molecular formula is C15H13ClN2O5. The zero-order valence-corrected chi connectivity index (χ0v) is 12.9. The number of nitro benzene ring substituents is 1. The second-order valence-electron chi connectivity index (χ2n) is 4.43. The van der Waals surface area contributed by atoms with E-state index < -0.39 is 10.8 Å². The number of nitrogens with one attached hydrogen (secondary N) is 1. The number of hydrogen-bond donors (Lipinski definition) is 1. The van der Waals surface area contributed by atoms with Gasteiger partial charge in [0.2, 0.25) is 0 Å². The number of benzene rings is 2. The lowest BCUT2D eigenvalue weighted by Crippen LogP contribution is -2.20. The molecule has 7 nitrogen and oxygen atoms in total. The number of halogens is 1. The summed E-state index contributed by atoms with van der Waals surface area (Å²) in [6.07, 6.45) is 0. The van der Waals surface area contributed by atoms with Gasteiger partial charge in [0.15, 0.2) is 6.61 Å². The van der Waals surface area contributed by atoms with Crippen LogP contribution in [0, 0.1) is 10.1 Å². The second-order valence-corrected chi connectivity index (χ2v) is 4.84. The number of rotatable bonds is 6. The maximum atomic E-state index is 11.8. The van der Waals surface area contributed by atoms with Gasteiger partial charge < -0.3 is 14.8 Å². The molecule has 0 aliphatic heterocycles. The van der Waals surface area contributed by atoms with E-state index in [4.69, 9.17) is 21.1 Å². The number of anilines is 1. The summed E-state index contributed by atoms with van der Waals surface area (Å²) in [6, 6.07) is 10.3. The average Bonchev–Trinajstić information content (AvgIpc) is 2.55. The van der Waals surface area contributed by atoms with Crippen molar-refractivity contribution in [3.05, 3.63) is 57.6 Å². The van der Waals surface area contributed by atoms with E-state index in [9.17, 15) is 14.9 Å². The largest absolute Gasteiger partial charge is 0.497 e. The van der Waals surface area contributed by atoms with E-state index in [0.717, 1.165) is 0 Å². The first-order valence-electron chi connectivity index (χ1n) is 6.50. The molecule has 2 rings (SSSR count). The fourth-order valence-corrected chi connectivity index (χ4v) is 1.94. The number of non-ortho nitro benzene ring substituents is 1. The van der Waals surface area contributed by atoms with E-state index in [1.807, 2.05) is 0 Å². The quantitative estimate of drug-likeness (QED) is 0.645. The molecule has 1 amide bonds. The molecule has 0 heterocycles. The van der Waals surface area contributed by atoms with Gasteiger partial charge in [0.1, 0.15) is 11.5 Å². The maximum Gasteiger partial charge on any atom is 0.269 e. The van der Waals surface area contributed by atoms with Crippen LogP contribution in [0.2, 0.25) is 5.02 Å². The minimum atomic E-state index is -0.512. The van der Waals surface area contributed by atoms with E-state index in [1.54, 1.807) is 18.2 Å². The zero-order chi connectivity index (χ0) is 16.8. The Morgan fingerprint density at radius 2 is 1.87 bits per heavy atom. The molecule has 0 aromatic heterocycles. The molecule has 0 saturated heterocycles. The monoisotopic (exact) mass is 336 g/mol. The van der Waals surface area contributed by atoms with Crippen molar-refractivity contribution < 1.29 is 19.2 Å². The highest BCUT2D eigenvalue weighted by molar-refractivity contribution is 6.33. The maximum absolute atomic E-state index is 11.8. The number of carbonyl (C=O) groups excluding carboxylic acids is 1. The fourth-order valence-electron chi connectivity index (χ4n) is 1.72. The van der Waals surface area contributed by atoms with Gasteiger partial charge in [-0.25, -0.2) is 0 Å².